The Hall–Kier alpha value is -2.90. The van der Waals surface area contributed by atoms with Crippen molar-refractivity contribution in [3.05, 3.63) is 69.2 Å². The second kappa shape index (κ2) is 7.50. The van der Waals surface area contributed by atoms with Crippen LogP contribution in [0.2, 0.25) is 5.02 Å². The Morgan fingerprint density at radius 3 is 2.38 bits per heavy atom. The summed E-state index contributed by atoms with van der Waals surface area (Å²) < 4.78 is 14.9. The van der Waals surface area contributed by atoms with Crippen LogP contribution in [0.15, 0.2) is 47.4 Å². The molecule has 1 saturated heterocycles. The molecule has 1 N–H and O–H groups in total. The SMILES string of the molecule is CN1CCN(c2cc3c(=O)c(C(=O)O)cn(-c4ccc(F)cc4)c3cc2Cl)CC1. The molecule has 0 radical (unpaired) electrons. The molecule has 0 spiro atoms. The summed E-state index contributed by atoms with van der Waals surface area (Å²) in [7, 11) is 2.04. The van der Waals surface area contributed by atoms with Crippen LogP contribution >= 0.6 is 11.6 Å². The van der Waals surface area contributed by atoms with Crippen LogP contribution in [0.5, 0.6) is 0 Å². The first-order chi connectivity index (χ1) is 13.8. The highest BCUT2D eigenvalue weighted by Crippen LogP contribution is 2.32. The predicted molar refractivity (Wildman–Crippen MR) is 111 cm³/mol. The van der Waals surface area contributed by atoms with E-state index in [0.717, 1.165) is 26.2 Å². The van der Waals surface area contributed by atoms with Gasteiger partial charge in [-0.2, -0.15) is 0 Å². The van der Waals surface area contributed by atoms with Gasteiger partial charge in [-0.05, 0) is 43.4 Å². The maximum absolute atomic E-state index is 13.4. The lowest BCUT2D eigenvalue weighted by atomic mass is 10.1. The van der Waals surface area contributed by atoms with Crippen molar-refractivity contribution in [2.45, 2.75) is 0 Å². The number of piperazine rings is 1. The number of halogens is 2. The monoisotopic (exact) mass is 415 g/mol. The largest absolute Gasteiger partial charge is 0.477 e. The molecule has 2 aromatic carbocycles. The summed E-state index contributed by atoms with van der Waals surface area (Å²) in [5.74, 6) is -1.73. The zero-order chi connectivity index (χ0) is 20.7. The molecule has 0 atom stereocenters. The lowest BCUT2D eigenvalue weighted by Crippen LogP contribution is -2.44. The molecular weight excluding hydrogens is 397 g/mol. The molecule has 0 aliphatic carbocycles. The number of anilines is 1. The van der Waals surface area contributed by atoms with Gasteiger partial charge in [0.1, 0.15) is 11.4 Å². The van der Waals surface area contributed by atoms with E-state index in [-0.39, 0.29) is 10.9 Å². The molecule has 6 nitrogen and oxygen atoms in total. The van der Waals surface area contributed by atoms with Crippen LogP contribution in [-0.2, 0) is 0 Å². The standard InChI is InChI=1S/C21H19ClFN3O3/c1-24-6-8-25(9-7-24)19-10-15-18(11-17(19)22)26(12-16(20(15)27)21(28)29)14-4-2-13(23)3-5-14/h2-5,10-12H,6-9H2,1H3,(H,28,29). The molecule has 1 fully saturated rings. The minimum absolute atomic E-state index is 0.257. The van der Waals surface area contributed by atoms with E-state index in [1.807, 2.05) is 7.05 Å². The Kier molecular flexibility index (Phi) is 5.02. The first-order valence-electron chi connectivity index (χ1n) is 9.17. The van der Waals surface area contributed by atoms with Crippen molar-refractivity contribution in [3.8, 4) is 5.69 Å². The summed E-state index contributed by atoms with van der Waals surface area (Å²) >= 11 is 6.57. The van der Waals surface area contributed by atoms with E-state index < -0.39 is 17.2 Å². The Balaban J connectivity index is 1.96. The Labute approximate surface area is 171 Å². The minimum Gasteiger partial charge on any atom is -0.477 e. The van der Waals surface area contributed by atoms with Crippen LogP contribution in [0.3, 0.4) is 0 Å². The number of fused-ring (bicyclic) bond motifs is 1. The maximum Gasteiger partial charge on any atom is 0.341 e. The van der Waals surface area contributed by atoms with Crippen molar-refractivity contribution in [1.82, 2.24) is 9.47 Å². The average Bonchev–Trinajstić information content (AvgIpc) is 2.69. The molecule has 0 saturated carbocycles. The molecule has 2 heterocycles. The van der Waals surface area contributed by atoms with Gasteiger partial charge in [0.2, 0.25) is 5.43 Å². The number of rotatable bonds is 3. The van der Waals surface area contributed by atoms with E-state index in [1.165, 1.54) is 30.5 Å². The van der Waals surface area contributed by atoms with E-state index in [4.69, 9.17) is 11.6 Å². The molecule has 1 aromatic heterocycles. The molecular formula is C21H19ClFN3O3. The molecule has 1 aliphatic rings. The molecule has 0 unspecified atom stereocenters. The van der Waals surface area contributed by atoms with Crippen LogP contribution < -0.4 is 10.3 Å². The van der Waals surface area contributed by atoms with Crippen LogP contribution in [0.4, 0.5) is 10.1 Å². The number of pyridine rings is 1. The number of hydrogen-bond donors (Lipinski definition) is 1. The fraction of sp³-hybridized carbons (Fsp3) is 0.238. The highest BCUT2D eigenvalue weighted by atomic mass is 35.5. The second-order valence-electron chi connectivity index (χ2n) is 7.13. The number of carbonyl (C=O) groups is 1. The zero-order valence-electron chi connectivity index (χ0n) is 15.7. The number of carboxylic acid groups (broad SMARTS) is 1. The van der Waals surface area contributed by atoms with Crippen LogP contribution in [0, 0.1) is 5.82 Å². The first-order valence-corrected chi connectivity index (χ1v) is 9.54. The zero-order valence-corrected chi connectivity index (χ0v) is 16.5. The molecule has 0 bridgehead atoms. The molecule has 8 heteroatoms. The Morgan fingerprint density at radius 2 is 1.76 bits per heavy atom. The lowest BCUT2D eigenvalue weighted by molar-refractivity contribution is 0.0695. The highest BCUT2D eigenvalue weighted by molar-refractivity contribution is 6.34. The van der Waals surface area contributed by atoms with E-state index in [0.29, 0.717) is 21.9 Å². The third-order valence-corrected chi connectivity index (χ3v) is 5.55. The van der Waals surface area contributed by atoms with E-state index in [2.05, 4.69) is 9.80 Å². The Bertz CT molecular complexity index is 1150. The van der Waals surface area contributed by atoms with Gasteiger partial charge >= 0.3 is 5.97 Å². The topological polar surface area (TPSA) is 65.8 Å². The van der Waals surface area contributed by atoms with Gasteiger partial charge in [-0.15, -0.1) is 0 Å². The molecule has 0 amide bonds. The fourth-order valence-electron chi connectivity index (χ4n) is 3.59. The van der Waals surface area contributed by atoms with Crippen LogP contribution in [0.25, 0.3) is 16.6 Å². The normalized spacial score (nSPS) is 15.1. The van der Waals surface area contributed by atoms with E-state index in [1.54, 1.807) is 16.7 Å². The van der Waals surface area contributed by atoms with Crippen LogP contribution in [0.1, 0.15) is 10.4 Å². The quantitative estimate of drug-likeness (QED) is 0.711. The molecule has 29 heavy (non-hydrogen) atoms. The smallest absolute Gasteiger partial charge is 0.341 e. The average molecular weight is 416 g/mol. The second-order valence-corrected chi connectivity index (χ2v) is 7.54. The first kappa shape index (κ1) is 19.4. The van der Waals surface area contributed by atoms with Gasteiger partial charge in [0.05, 0.1) is 16.2 Å². The highest BCUT2D eigenvalue weighted by Gasteiger charge is 2.21. The number of nitrogens with zero attached hydrogens (tertiary/aromatic N) is 3. The van der Waals surface area contributed by atoms with Gasteiger partial charge < -0.3 is 19.5 Å². The lowest BCUT2D eigenvalue weighted by Gasteiger charge is -2.34. The number of carboxylic acids is 1. The summed E-state index contributed by atoms with van der Waals surface area (Å²) in [6.45, 7) is 3.24. The molecule has 1 aliphatic heterocycles. The summed E-state index contributed by atoms with van der Waals surface area (Å²) in [6, 6.07) is 8.93. The number of benzene rings is 2. The molecule has 150 valence electrons. The van der Waals surface area contributed by atoms with Crippen LogP contribution in [-0.4, -0.2) is 53.8 Å². The summed E-state index contributed by atoms with van der Waals surface area (Å²) in [4.78, 5) is 28.9. The van der Waals surface area contributed by atoms with Crippen molar-refractivity contribution >= 4 is 34.2 Å². The number of likely N-dealkylation sites (N-methyl/N-ethyl adjacent to an activating group) is 1. The predicted octanol–water partition coefficient (Wildman–Crippen LogP) is 3.23. The van der Waals surface area contributed by atoms with E-state index >= 15 is 0 Å². The van der Waals surface area contributed by atoms with Gasteiger partial charge in [-0.3, -0.25) is 4.79 Å². The van der Waals surface area contributed by atoms with Gasteiger partial charge in [0.15, 0.2) is 0 Å². The third-order valence-electron chi connectivity index (χ3n) is 5.25. The summed E-state index contributed by atoms with van der Waals surface area (Å²) in [6.07, 6.45) is 1.26. The molecule has 4 rings (SSSR count). The van der Waals surface area contributed by atoms with E-state index in [9.17, 15) is 19.1 Å². The number of aromatic carboxylic acids is 1. The van der Waals surface area contributed by atoms with Gasteiger partial charge in [-0.1, -0.05) is 11.6 Å². The fourth-order valence-corrected chi connectivity index (χ4v) is 3.87. The third kappa shape index (κ3) is 3.59. The van der Waals surface area contributed by atoms with Crippen molar-refractivity contribution in [3.63, 3.8) is 0 Å². The maximum atomic E-state index is 13.4. The number of hydrogen-bond acceptors (Lipinski definition) is 4. The van der Waals surface area contributed by atoms with Crippen molar-refractivity contribution in [2.75, 3.05) is 38.1 Å². The van der Waals surface area contributed by atoms with Gasteiger partial charge in [0, 0.05) is 43.4 Å². The van der Waals surface area contributed by atoms with Crippen molar-refractivity contribution in [2.24, 2.45) is 0 Å². The summed E-state index contributed by atoms with van der Waals surface area (Å²) in [5.41, 5.74) is 0.778. The van der Waals surface area contributed by atoms with Crippen molar-refractivity contribution < 1.29 is 14.3 Å². The summed E-state index contributed by atoms with van der Waals surface area (Å²) in [5, 5.41) is 10.3. The van der Waals surface area contributed by atoms with Gasteiger partial charge in [0.25, 0.3) is 0 Å². The van der Waals surface area contributed by atoms with Gasteiger partial charge in [-0.25, -0.2) is 9.18 Å². The molecule has 3 aromatic rings. The van der Waals surface area contributed by atoms with Crippen molar-refractivity contribution in [1.29, 1.82) is 0 Å². The Morgan fingerprint density at radius 1 is 1.10 bits per heavy atom. The number of aromatic nitrogens is 1. The minimum atomic E-state index is -1.32.